The molecule has 0 atom stereocenters. The second-order valence-corrected chi connectivity index (χ2v) is 27.5. The summed E-state index contributed by atoms with van der Waals surface area (Å²) in [7, 11) is -0.269. The molecule has 4 aromatic rings. The molecular weight excluding hydrogens is 991 g/mol. The first kappa shape index (κ1) is 57.1. The Hall–Kier alpha value is -4.66. The second kappa shape index (κ2) is 20.7. The van der Waals surface area contributed by atoms with Crippen LogP contribution in [0.4, 0.5) is 21.2 Å². The summed E-state index contributed by atoms with van der Waals surface area (Å²) >= 11 is 3.37. The van der Waals surface area contributed by atoms with Crippen molar-refractivity contribution in [2.75, 3.05) is 62.2 Å². The standard InChI is InChI=1S/C27H37N3O2.C19H29BO2.C14H20BrN3O2/c1-25(2,3)32-24(31)30-15-13-29(14-16-30)23-10-8-9-22(28-23)19-11-12-20-21(17-19)27(6,7)18-26(20,4)5;1-16(2)12-17(3,4)15-11-13(9-10-14(15)16)20-21-18(5,6)19(7,8)22-20;1-14(2,3)20-13(19)18-9-7-17(8-10-18)12-6-4-5-11(15)16-12/h8-12,17H,13-16,18H2,1-7H3;9-11H,12H2,1-8H3;4-6H,7-10H2,1-3H3. The molecule has 0 radical (unpaired) electrons. The van der Waals surface area contributed by atoms with E-state index in [2.05, 4.69) is 168 Å². The van der Waals surface area contributed by atoms with Crippen molar-refractivity contribution in [2.24, 2.45) is 0 Å². The zero-order valence-corrected chi connectivity index (χ0v) is 49.7. The largest absolute Gasteiger partial charge is 0.494 e. The van der Waals surface area contributed by atoms with Crippen LogP contribution in [0.15, 0.2) is 77.4 Å². The normalized spacial score (nSPS) is 20.9. The van der Waals surface area contributed by atoms with E-state index in [0.29, 0.717) is 26.2 Å². The molecule has 3 aliphatic heterocycles. The van der Waals surface area contributed by atoms with Gasteiger partial charge in [0.1, 0.15) is 27.4 Å². The van der Waals surface area contributed by atoms with Crippen LogP contribution in [0.25, 0.3) is 11.3 Å². The fourth-order valence-corrected chi connectivity index (χ4v) is 11.8. The van der Waals surface area contributed by atoms with Gasteiger partial charge in [0.15, 0.2) is 0 Å². The SMILES string of the molecule is CC(C)(C)OC(=O)N1CCN(c2cccc(-c3ccc4c(c3)C(C)(C)CC4(C)C)n2)CC1.CC(C)(C)OC(=O)N1CCN(c2cccc(Br)n2)CC1.CC1(C)CC(C)(C)c2cc(B3OC(C)(C)C(C)(C)O3)ccc21. The van der Waals surface area contributed by atoms with Crippen LogP contribution in [0.2, 0.25) is 0 Å². The molecule has 0 saturated carbocycles. The lowest BCUT2D eigenvalue weighted by Crippen LogP contribution is -2.50. The van der Waals surface area contributed by atoms with Gasteiger partial charge in [0.25, 0.3) is 0 Å². The van der Waals surface area contributed by atoms with Crippen LogP contribution < -0.4 is 15.3 Å². The number of aromatic nitrogens is 2. The summed E-state index contributed by atoms with van der Waals surface area (Å²) in [6.07, 6.45) is 1.87. The highest BCUT2D eigenvalue weighted by Crippen LogP contribution is 2.51. The first-order valence-corrected chi connectivity index (χ1v) is 27.6. The van der Waals surface area contributed by atoms with E-state index in [1.165, 1.54) is 34.2 Å². The molecular formula is C60H86BBrN6O6. The number of nitrogens with zero attached hydrogens (tertiary/aromatic N) is 6. The molecule has 0 N–H and O–H groups in total. The van der Waals surface area contributed by atoms with Gasteiger partial charge in [-0.1, -0.05) is 97.9 Å². The lowest BCUT2D eigenvalue weighted by Gasteiger charge is -2.36. The van der Waals surface area contributed by atoms with Gasteiger partial charge in [-0.15, -0.1) is 0 Å². The van der Waals surface area contributed by atoms with E-state index in [9.17, 15) is 9.59 Å². The maximum Gasteiger partial charge on any atom is 0.494 e. The Kier molecular flexibility index (Phi) is 16.0. The minimum Gasteiger partial charge on any atom is -0.444 e. The van der Waals surface area contributed by atoms with Crippen molar-refractivity contribution in [3.8, 4) is 11.3 Å². The Balaban J connectivity index is 0.000000168. The zero-order chi connectivity index (χ0) is 54.6. The van der Waals surface area contributed by atoms with Crippen LogP contribution >= 0.6 is 15.9 Å². The van der Waals surface area contributed by atoms with Gasteiger partial charge in [-0.25, -0.2) is 19.6 Å². The average Bonchev–Trinajstić information content (AvgIpc) is 3.73. The molecule has 9 rings (SSSR count). The van der Waals surface area contributed by atoms with E-state index >= 15 is 0 Å². The van der Waals surface area contributed by atoms with Gasteiger partial charge in [-0.05, 0) is 178 Å². The van der Waals surface area contributed by atoms with Crippen molar-refractivity contribution in [1.29, 1.82) is 0 Å². The number of piperazine rings is 2. The first-order valence-electron chi connectivity index (χ1n) is 26.8. The molecule has 3 saturated heterocycles. The van der Waals surface area contributed by atoms with Crippen molar-refractivity contribution < 1.29 is 28.4 Å². The molecule has 402 valence electrons. The number of fused-ring (bicyclic) bond motifs is 2. The summed E-state index contributed by atoms with van der Waals surface area (Å²) in [5.41, 5.74) is 8.48. The average molecular weight is 1080 g/mol. The molecule has 2 amide bonds. The lowest BCUT2D eigenvalue weighted by molar-refractivity contribution is 0.00578. The topological polar surface area (TPSA) is 110 Å². The number of halogens is 1. The highest BCUT2D eigenvalue weighted by Gasteiger charge is 2.52. The molecule has 2 aromatic carbocycles. The van der Waals surface area contributed by atoms with Crippen molar-refractivity contribution in [3.05, 3.63) is 99.7 Å². The van der Waals surface area contributed by atoms with E-state index in [1.807, 2.05) is 59.7 Å². The number of carbonyl (C=O) groups excluding carboxylic acids is 2. The van der Waals surface area contributed by atoms with E-state index in [-0.39, 0.29) is 52.2 Å². The van der Waals surface area contributed by atoms with Crippen LogP contribution in [-0.4, -0.2) is 114 Å². The molecule has 2 aliphatic carbocycles. The van der Waals surface area contributed by atoms with E-state index < -0.39 is 11.2 Å². The van der Waals surface area contributed by atoms with E-state index in [4.69, 9.17) is 23.8 Å². The summed E-state index contributed by atoms with van der Waals surface area (Å²) < 4.78 is 24.1. The molecule has 3 fully saturated rings. The van der Waals surface area contributed by atoms with Gasteiger partial charge in [-0.3, -0.25) is 0 Å². The Morgan fingerprint density at radius 3 is 1.38 bits per heavy atom. The van der Waals surface area contributed by atoms with Gasteiger partial charge < -0.3 is 38.4 Å². The van der Waals surface area contributed by atoms with Gasteiger partial charge >= 0.3 is 19.3 Å². The molecule has 5 aliphatic rings. The van der Waals surface area contributed by atoms with Gasteiger partial charge in [0.2, 0.25) is 0 Å². The minimum atomic E-state index is -0.469. The Labute approximate surface area is 452 Å². The number of anilines is 2. The fraction of sp³-hybridized carbons (Fsp3) is 0.600. The van der Waals surface area contributed by atoms with Crippen molar-refractivity contribution in [1.82, 2.24) is 19.8 Å². The number of carbonyl (C=O) groups is 2. The second-order valence-electron chi connectivity index (χ2n) is 26.7. The van der Waals surface area contributed by atoms with Crippen molar-refractivity contribution in [3.63, 3.8) is 0 Å². The van der Waals surface area contributed by atoms with Crippen molar-refractivity contribution in [2.45, 2.75) is 182 Å². The van der Waals surface area contributed by atoms with Crippen LogP contribution in [0, 0.1) is 0 Å². The third-order valence-electron chi connectivity index (χ3n) is 15.5. The number of hydrogen-bond donors (Lipinski definition) is 0. The molecule has 12 nitrogen and oxygen atoms in total. The number of pyridine rings is 2. The summed E-state index contributed by atoms with van der Waals surface area (Å²) in [4.78, 5) is 41.7. The molecule has 0 unspecified atom stereocenters. The third-order valence-corrected chi connectivity index (χ3v) is 16.0. The Bertz CT molecular complexity index is 2660. The monoisotopic (exact) mass is 1080 g/mol. The summed E-state index contributed by atoms with van der Waals surface area (Å²) in [6.45, 7) is 44.1. The molecule has 2 aromatic heterocycles. The Morgan fingerprint density at radius 2 is 0.932 bits per heavy atom. The number of rotatable bonds is 4. The maximum absolute atomic E-state index is 12.4. The zero-order valence-electron chi connectivity index (χ0n) is 48.1. The predicted octanol–water partition coefficient (Wildman–Crippen LogP) is 12.6. The summed E-state index contributed by atoms with van der Waals surface area (Å²) in [5, 5.41) is 0. The van der Waals surface area contributed by atoms with E-state index in [1.54, 1.807) is 9.80 Å². The van der Waals surface area contributed by atoms with Crippen LogP contribution in [-0.2, 0) is 40.4 Å². The summed E-state index contributed by atoms with van der Waals surface area (Å²) in [5.74, 6) is 1.90. The number of hydrogen-bond acceptors (Lipinski definition) is 10. The quantitative estimate of drug-likeness (QED) is 0.145. The predicted molar refractivity (Wildman–Crippen MR) is 305 cm³/mol. The molecule has 0 bridgehead atoms. The van der Waals surface area contributed by atoms with E-state index in [0.717, 1.165) is 60.0 Å². The lowest BCUT2D eigenvalue weighted by atomic mass is 9.75. The summed E-state index contributed by atoms with van der Waals surface area (Å²) in [6, 6.07) is 25.7. The van der Waals surface area contributed by atoms with Crippen LogP contribution in [0.5, 0.6) is 0 Å². The molecule has 0 spiro atoms. The number of amides is 2. The fourth-order valence-electron chi connectivity index (χ4n) is 11.5. The Morgan fingerprint density at radius 1 is 0.527 bits per heavy atom. The van der Waals surface area contributed by atoms with Crippen LogP contribution in [0.1, 0.15) is 160 Å². The highest BCUT2D eigenvalue weighted by molar-refractivity contribution is 9.10. The van der Waals surface area contributed by atoms with Crippen molar-refractivity contribution >= 4 is 52.3 Å². The van der Waals surface area contributed by atoms with Crippen LogP contribution in [0.3, 0.4) is 0 Å². The maximum atomic E-state index is 12.4. The number of ether oxygens (including phenoxy) is 2. The van der Waals surface area contributed by atoms with Gasteiger partial charge in [0, 0.05) is 57.9 Å². The molecule has 14 heteroatoms. The third kappa shape index (κ3) is 13.1. The smallest absolute Gasteiger partial charge is 0.444 e. The molecule has 74 heavy (non-hydrogen) atoms. The minimum absolute atomic E-state index is 0.171. The first-order chi connectivity index (χ1) is 34.1. The van der Waals surface area contributed by atoms with Gasteiger partial charge in [-0.2, -0.15) is 0 Å². The number of benzene rings is 2. The molecule has 5 heterocycles. The van der Waals surface area contributed by atoms with Gasteiger partial charge in [0.05, 0.1) is 16.9 Å². The highest BCUT2D eigenvalue weighted by atomic mass is 79.9.